The second kappa shape index (κ2) is 5.66. The van der Waals surface area contributed by atoms with E-state index in [4.69, 9.17) is 5.26 Å². The quantitative estimate of drug-likeness (QED) is 0.630. The molecule has 0 atom stereocenters. The molecule has 1 heterocycles. The highest BCUT2D eigenvalue weighted by Crippen LogP contribution is 2.30. The van der Waals surface area contributed by atoms with E-state index in [1.165, 1.54) is 12.1 Å². The van der Waals surface area contributed by atoms with E-state index in [9.17, 15) is 14.5 Å². The maximum Gasteiger partial charge on any atom is 0.292 e. The standard InChI is InChI=1S/C14H17FN4O2/c1-14(2,10-16)18-7-5-17(6-8-18)13-9-11(15)3-4-12(13)19(20)21/h3-4,9H,5-8H2,1-2H3. The van der Waals surface area contributed by atoms with Gasteiger partial charge in [0.05, 0.1) is 11.0 Å². The van der Waals surface area contributed by atoms with Crippen LogP contribution in [0, 0.1) is 27.3 Å². The van der Waals surface area contributed by atoms with Gasteiger partial charge in [0.15, 0.2) is 0 Å². The molecule has 7 heteroatoms. The Balaban J connectivity index is 2.18. The summed E-state index contributed by atoms with van der Waals surface area (Å²) in [4.78, 5) is 14.4. The van der Waals surface area contributed by atoms with E-state index in [-0.39, 0.29) is 5.69 Å². The van der Waals surface area contributed by atoms with E-state index in [0.717, 1.165) is 6.07 Å². The topological polar surface area (TPSA) is 73.4 Å². The molecule has 0 saturated carbocycles. The number of piperazine rings is 1. The molecule has 0 spiro atoms. The number of nitriles is 1. The predicted octanol–water partition coefficient (Wildman–Crippen LogP) is 2.16. The highest BCUT2D eigenvalue weighted by Gasteiger charge is 2.31. The van der Waals surface area contributed by atoms with Gasteiger partial charge in [0.1, 0.15) is 17.0 Å². The fourth-order valence-electron chi connectivity index (χ4n) is 2.48. The maximum atomic E-state index is 13.4. The summed E-state index contributed by atoms with van der Waals surface area (Å²) in [5.74, 6) is -0.490. The third-order valence-electron chi connectivity index (χ3n) is 3.82. The fraction of sp³-hybridized carbons (Fsp3) is 0.500. The van der Waals surface area contributed by atoms with Crippen LogP contribution in [0.2, 0.25) is 0 Å². The Morgan fingerprint density at radius 2 is 1.95 bits per heavy atom. The van der Waals surface area contributed by atoms with E-state index in [2.05, 4.69) is 6.07 Å². The molecule has 21 heavy (non-hydrogen) atoms. The summed E-state index contributed by atoms with van der Waals surface area (Å²) in [5.41, 5.74) is -0.362. The Hall–Kier alpha value is -2.20. The van der Waals surface area contributed by atoms with E-state index in [0.29, 0.717) is 31.9 Å². The van der Waals surface area contributed by atoms with Gasteiger partial charge in [0, 0.05) is 38.3 Å². The number of nitrogens with zero attached hydrogens (tertiary/aromatic N) is 4. The average molecular weight is 292 g/mol. The summed E-state index contributed by atoms with van der Waals surface area (Å²) in [6.45, 7) is 5.94. The van der Waals surface area contributed by atoms with Gasteiger partial charge in [-0.3, -0.25) is 15.0 Å². The Bertz CT molecular complexity index is 589. The van der Waals surface area contributed by atoms with Gasteiger partial charge in [-0.2, -0.15) is 5.26 Å². The first kappa shape index (κ1) is 15.2. The van der Waals surface area contributed by atoms with Gasteiger partial charge in [0.2, 0.25) is 0 Å². The maximum absolute atomic E-state index is 13.4. The van der Waals surface area contributed by atoms with Crippen LogP contribution in [-0.2, 0) is 0 Å². The Morgan fingerprint density at radius 1 is 1.33 bits per heavy atom. The lowest BCUT2D eigenvalue weighted by Gasteiger charge is -2.41. The zero-order valence-corrected chi connectivity index (χ0v) is 12.0. The van der Waals surface area contributed by atoms with Crippen molar-refractivity contribution >= 4 is 11.4 Å². The van der Waals surface area contributed by atoms with Crippen LogP contribution in [0.5, 0.6) is 0 Å². The van der Waals surface area contributed by atoms with Gasteiger partial charge >= 0.3 is 0 Å². The van der Waals surface area contributed by atoms with E-state index in [1.807, 2.05) is 18.7 Å². The van der Waals surface area contributed by atoms with E-state index >= 15 is 0 Å². The van der Waals surface area contributed by atoms with Gasteiger partial charge < -0.3 is 4.90 Å². The van der Waals surface area contributed by atoms with Gasteiger partial charge in [-0.25, -0.2) is 4.39 Å². The van der Waals surface area contributed by atoms with Crippen molar-refractivity contribution in [2.24, 2.45) is 0 Å². The highest BCUT2D eigenvalue weighted by molar-refractivity contribution is 5.63. The normalized spacial score (nSPS) is 16.6. The lowest BCUT2D eigenvalue weighted by atomic mass is 10.0. The van der Waals surface area contributed by atoms with Crippen molar-refractivity contribution in [2.45, 2.75) is 19.4 Å². The van der Waals surface area contributed by atoms with Crippen molar-refractivity contribution in [2.75, 3.05) is 31.1 Å². The lowest BCUT2D eigenvalue weighted by Crippen LogP contribution is -2.54. The predicted molar refractivity (Wildman–Crippen MR) is 76.5 cm³/mol. The summed E-state index contributed by atoms with van der Waals surface area (Å²) in [5, 5.41) is 20.2. The minimum atomic E-state index is -0.569. The molecule has 0 N–H and O–H groups in total. The molecule has 0 aromatic heterocycles. The number of halogens is 1. The molecule has 0 radical (unpaired) electrons. The minimum Gasteiger partial charge on any atom is -0.363 e. The van der Waals surface area contributed by atoms with Gasteiger partial charge in [-0.1, -0.05) is 0 Å². The molecule has 1 saturated heterocycles. The molecule has 112 valence electrons. The van der Waals surface area contributed by atoms with Crippen molar-refractivity contribution in [1.82, 2.24) is 4.90 Å². The van der Waals surface area contributed by atoms with Crippen LogP contribution < -0.4 is 4.90 Å². The summed E-state index contributed by atoms with van der Waals surface area (Å²) in [6, 6.07) is 5.73. The number of hydrogen-bond acceptors (Lipinski definition) is 5. The molecule has 1 aromatic carbocycles. The fourth-order valence-corrected chi connectivity index (χ4v) is 2.48. The smallest absolute Gasteiger partial charge is 0.292 e. The van der Waals surface area contributed by atoms with Crippen LogP contribution in [-0.4, -0.2) is 41.5 Å². The van der Waals surface area contributed by atoms with Crippen LogP contribution in [0.1, 0.15) is 13.8 Å². The summed E-state index contributed by atoms with van der Waals surface area (Å²) < 4.78 is 13.4. The van der Waals surface area contributed by atoms with Gasteiger partial charge in [-0.15, -0.1) is 0 Å². The Morgan fingerprint density at radius 3 is 2.48 bits per heavy atom. The third-order valence-corrected chi connectivity index (χ3v) is 3.82. The number of nitro groups is 1. The first-order valence-corrected chi connectivity index (χ1v) is 6.70. The van der Waals surface area contributed by atoms with Crippen molar-refractivity contribution in [3.8, 4) is 6.07 Å². The number of benzene rings is 1. The van der Waals surface area contributed by atoms with Crippen molar-refractivity contribution in [1.29, 1.82) is 5.26 Å². The molecular weight excluding hydrogens is 275 g/mol. The first-order chi connectivity index (χ1) is 9.85. The monoisotopic (exact) mass is 292 g/mol. The molecule has 1 fully saturated rings. The summed E-state index contributed by atoms with van der Waals surface area (Å²) >= 11 is 0. The second-order valence-corrected chi connectivity index (χ2v) is 5.54. The molecule has 6 nitrogen and oxygen atoms in total. The SMILES string of the molecule is CC(C)(C#N)N1CCN(c2cc(F)ccc2[N+](=O)[O-])CC1. The second-order valence-electron chi connectivity index (χ2n) is 5.54. The molecule has 1 aliphatic heterocycles. The minimum absolute atomic E-state index is 0.0932. The first-order valence-electron chi connectivity index (χ1n) is 6.70. The molecule has 0 aliphatic carbocycles. The third kappa shape index (κ3) is 3.11. The van der Waals surface area contributed by atoms with Crippen LogP contribution in [0.25, 0.3) is 0 Å². The molecule has 0 unspecified atom stereocenters. The van der Waals surface area contributed by atoms with Crippen molar-refractivity contribution in [3.63, 3.8) is 0 Å². The number of hydrogen-bond donors (Lipinski definition) is 0. The number of rotatable bonds is 3. The molecule has 0 bridgehead atoms. The van der Waals surface area contributed by atoms with Gasteiger partial charge in [0.25, 0.3) is 5.69 Å². The summed E-state index contributed by atoms with van der Waals surface area (Å²) in [7, 11) is 0. The summed E-state index contributed by atoms with van der Waals surface area (Å²) in [6.07, 6.45) is 0. The van der Waals surface area contributed by atoms with Crippen LogP contribution in [0.4, 0.5) is 15.8 Å². The molecule has 1 aliphatic rings. The zero-order valence-electron chi connectivity index (χ0n) is 12.0. The van der Waals surface area contributed by atoms with E-state index in [1.54, 1.807) is 4.90 Å². The van der Waals surface area contributed by atoms with E-state index < -0.39 is 16.3 Å². The van der Waals surface area contributed by atoms with Crippen molar-refractivity contribution < 1.29 is 9.31 Å². The lowest BCUT2D eigenvalue weighted by molar-refractivity contribution is -0.384. The van der Waals surface area contributed by atoms with Gasteiger partial charge in [-0.05, 0) is 19.9 Å². The zero-order chi connectivity index (χ0) is 15.6. The Kier molecular flexibility index (Phi) is 4.09. The van der Waals surface area contributed by atoms with Crippen LogP contribution >= 0.6 is 0 Å². The largest absolute Gasteiger partial charge is 0.363 e. The molecule has 0 amide bonds. The highest BCUT2D eigenvalue weighted by atomic mass is 19.1. The molecular formula is C14H17FN4O2. The van der Waals surface area contributed by atoms with Crippen molar-refractivity contribution in [3.05, 3.63) is 34.1 Å². The number of nitro benzene ring substituents is 1. The Labute approximate surface area is 122 Å². The molecule has 1 aromatic rings. The average Bonchev–Trinajstić information content (AvgIpc) is 2.47. The van der Waals surface area contributed by atoms with Crippen LogP contribution in [0.3, 0.4) is 0 Å². The molecule has 2 rings (SSSR count). The van der Waals surface area contributed by atoms with Crippen LogP contribution in [0.15, 0.2) is 18.2 Å². The number of anilines is 1.